The topological polar surface area (TPSA) is 81.3 Å². The van der Waals surface area contributed by atoms with E-state index in [1.54, 1.807) is 28.7 Å². The second-order valence-electron chi connectivity index (χ2n) is 7.76. The monoisotopic (exact) mass is 491 g/mol. The van der Waals surface area contributed by atoms with Crippen LogP contribution in [0.15, 0.2) is 76.7 Å². The third-order valence-electron chi connectivity index (χ3n) is 5.54. The van der Waals surface area contributed by atoms with Crippen molar-refractivity contribution < 1.29 is 13.6 Å². The number of halogens is 2. The maximum absolute atomic E-state index is 13.9. The van der Waals surface area contributed by atoms with Crippen LogP contribution in [0.1, 0.15) is 12.5 Å². The second-order valence-corrected chi connectivity index (χ2v) is 8.70. The number of nitrogens with zero attached hydrogens (tertiary/aromatic N) is 4. The number of aryl methyl sites for hydroxylation is 1. The Balaban J connectivity index is 1.53. The van der Waals surface area contributed by atoms with E-state index in [2.05, 4.69) is 22.4 Å². The normalized spacial score (nSPS) is 11.3. The summed E-state index contributed by atoms with van der Waals surface area (Å²) in [6.07, 6.45) is 0.873. The summed E-state index contributed by atoms with van der Waals surface area (Å²) >= 11 is 1.09. The molecule has 176 valence electrons. The van der Waals surface area contributed by atoms with E-state index >= 15 is 0 Å². The van der Waals surface area contributed by atoms with E-state index in [4.69, 9.17) is 0 Å². The molecule has 35 heavy (non-hydrogen) atoms. The van der Waals surface area contributed by atoms with E-state index < -0.39 is 17.5 Å². The summed E-state index contributed by atoms with van der Waals surface area (Å²) in [4.78, 5) is 25.8. The SMILES string of the molecule is CCc1ccc(-n2c(=O)c3ccccc3n3c(SCC(=O)Nc4ccc(F)cc4F)nnc23)cc1. The number of carbonyl (C=O) groups excluding carboxylic acids is 1. The molecule has 5 aromatic rings. The van der Waals surface area contributed by atoms with Crippen molar-refractivity contribution >= 4 is 40.0 Å². The van der Waals surface area contributed by atoms with Crippen LogP contribution in [0.25, 0.3) is 22.4 Å². The predicted octanol–water partition coefficient (Wildman–Crippen LogP) is 4.60. The van der Waals surface area contributed by atoms with E-state index in [0.717, 1.165) is 35.9 Å². The Morgan fingerprint density at radius 1 is 1.03 bits per heavy atom. The van der Waals surface area contributed by atoms with Crippen LogP contribution in [-0.2, 0) is 11.2 Å². The Hall–Kier alpha value is -4.05. The fourth-order valence-electron chi connectivity index (χ4n) is 3.79. The third-order valence-corrected chi connectivity index (χ3v) is 6.46. The zero-order valence-electron chi connectivity index (χ0n) is 18.5. The molecule has 1 N–H and O–H groups in total. The number of benzene rings is 3. The number of amides is 1. The van der Waals surface area contributed by atoms with Crippen LogP contribution < -0.4 is 10.9 Å². The van der Waals surface area contributed by atoms with E-state index in [9.17, 15) is 18.4 Å². The molecule has 0 fully saturated rings. The van der Waals surface area contributed by atoms with Crippen LogP contribution in [0.4, 0.5) is 14.5 Å². The first kappa shape index (κ1) is 22.7. The smallest absolute Gasteiger partial charge is 0.267 e. The Morgan fingerprint density at radius 2 is 1.80 bits per heavy atom. The van der Waals surface area contributed by atoms with Crippen molar-refractivity contribution in [3.8, 4) is 5.69 Å². The molecule has 0 bridgehead atoms. The molecule has 0 saturated carbocycles. The summed E-state index contributed by atoms with van der Waals surface area (Å²) in [7, 11) is 0. The van der Waals surface area contributed by atoms with Crippen LogP contribution in [0, 0.1) is 11.6 Å². The van der Waals surface area contributed by atoms with Crippen molar-refractivity contribution in [3.05, 3.63) is 94.3 Å². The highest BCUT2D eigenvalue weighted by atomic mass is 32.2. The average molecular weight is 492 g/mol. The minimum absolute atomic E-state index is 0.101. The molecule has 7 nitrogen and oxygen atoms in total. The van der Waals surface area contributed by atoms with E-state index in [1.165, 1.54) is 4.57 Å². The highest BCUT2D eigenvalue weighted by Gasteiger charge is 2.19. The molecular weight excluding hydrogens is 472 g/mol. The summed E-state index contributed by atoms with van der Waals surface area (Å²) in [5.74, 6) is -1.88. The quantitative estimate of drug-likeness (QED) is 0.351. The number of carbonyl (C=O) groups is 1. The van der Waals surface area contributed by atoms with Gasteiger partial charge >= 0.3 is 0 Å². The summed E-state index contributed by atoms with van der Waals surface area (Å²) in [6.45, 7) is 2.05. The first-order valence-corrected chi connectivity index (χ1v) is 11.8. The number of rotatable bonds is 6. The Bertz CT molecular complexity index is 1630. The van der Waals surface area contributed by atoms with Crippen LogP contribution in [0.2, 0.25) is 0 Å². The molecule has 0 atom stereocenters. The van der Waals surface area contributed by atoms with Gasteiger partial charge in [-0.25, -0.2) is 13.3 Å². The van der Waals surface area contributed by atoms with Crippen molar-refractivity contribution in [2.45, 2.75) is 18.5 Å². The maximum Gasteiger partial charge on any atom is 0.267 e. The molecule has 0 saturated heterocycles. The van der Waals surface area contributed by atoms with Gasteiger partial charge in [-0.05, 0) is 48.4 Å². The van der Waals surface area contributed by atoms with Gasteiger partial charge in [0.2, 0.25) is 11.7 Å². The van der Waals surface area contributed by atoms with Gasteiger partial charge in [0.25, 0.3) is 5.56 Å². The molecule has 0 aliphatic carbocycles. The Labute approximate surface area is 202 Å². The molecule has 0 unspecified atom stereocenters. The van der Waals surface area contributed by atoms with Crippen molar-refractivity contribution in [3.63, 3.8) is 0 Å². The Kier molecular flexibility index (Phi) is 6.04. The van der Waals surface area contributed by atoms with Crippen molar-refractivity contribution in [1.82, 2.24) is 19.2 Å². The molecule has 0 aliphatic heterocycles. The first-order chi connectivity index (χ1) is 17.0. The minimum atomic E-state index is -0.861. The predicted molar refractivity (Wildman–Crippen MR) is 131 cm³/mol. The van der Waals surface area contributed by atoms with Gasteiger partial charge in [0.1, 0.15) is 11.6 Å². The standard InChI is InChI=1S/C25H19F2N5O2S/c1-2-15-7-10-17(11-8-15)31-23(34)18-5-3-4-6-21(18)32-24(31)29-30-25(32)35-14-22(33)28-20-12-9-16(26)13-19(20)27/h3-13H,2,14H2,1H3,(H,28,33). The van der Waals surface area contributed by atoms with E-state index in [0.29, 0.717) is 33.6 Å². The highest BCUT2D eigenvalue weighted by molar-refractivity contribution is 7.99. The summed E-state index contributed by atoms with van der Waals surface area (Å²) < 4.78 is 30.2. The molecule has 1 amide bonds. The largest absolute Gasteiger partial charge is 0.323 e. The number of para-hydroxylation sites is 1. The van der Waals surface area contributed by atoms with Gasteiger partial charge in [-0.15, -0.1) is 10.2 Å². The van der Waals surface area contributed by atoms with Gasteiger partial charge < -0.3 is 5.32 Å². The molecule has 3 aromatic carbocycles. The number of thioether (sulfide) groups is 1. The lowest BCUT2D eigenvalue weighted by molar-refractivity contribution is -0.113. The number of hydrogen-bond donors (Lipinski definition) is 1. The lowest BCUT2D eigenvalue weighted by atomic mass is 10.1. The van der Waals surface area contributed by atoms with Gasteiger partial charge in [0, 0.05) is 6.07 Å². The number of aromatic nitrogens is 4. The van der Waals surface area contributed by atoms with Gasteiger partial charge in [0.05, 0.1) is 28.0 Å². The van der Waals surface area contributed by atoms with Crippen LogP contribution in [0.5, 0.6) is 0 Å². The first-order valence-electron chi connectivity index (χ1n) is 10.8. The third kappa shape index (κ3) is 4.28. The van der Waals surface area contributed by atoms with Gasteiger partial charge in [-0.2, -0.15) is 0 Å². The zero-order valence-corrected chi connectivity index (χ0v) is 19.4. The molecule has 10 heteroatoms. The molecule has 2 aromatic heterocycles. The van der Waals surface area contributed by atoms with Gasteiger partial charge in [-0.3, -0.25) is 14.0 Å². The molecule has 0 radical (unpaired) electrons. The second kappa shape index (κ2) is 9.30. The number of anilines is 1. The number of hydrogen-bond acceptors (Lipinski definition) is 5. The maximum atomic E-state index is 13.9. The van der Waals surface area contributed by atoms with E-state index in [-0.39, 0.29) is 17.0 Å². The van der Waals surface area contributed by atoms with Gasteiger partial charge in [0.15, 0.2) is 5.16 Å². The molecule has 2 heterocycles. The zero-order chi connectivity index (χ0) is 24.5. The fourth-order valence-corrected chi connectivity index (χ4v) is 4.53. The fraction of sp³-hybridized carbons (Fsp3) is 0.120. The minimum Gasteiger partial charge on any atom is -0.323 e. The molecule has 0 spiro atoms. The van der Waals surface area contributed by atoms with Crippen molar-refractivity contribution in [2.75, 3.05) is 11.1 Å². The average Bonchev–Trinajstić information content (AvgIpc) is 3.29. The summed E-state index contributed by atoms with van der Waals surface area (Å²) in [6, 6.07) is 17.7. The van der Waals surface area contributed by atoms with Crippen LogP contribution in [0.3, 0.4) is 0 Å². The van der Waals surface area contributed by atoms with Crippen molar-refractivity contribution in [2.24, 2.45) is 0 Å². The molecular formula is C25H19F2N5O2S. The summed E-state index contributed by atoms with van der Waals surface area (Å²) in [5.41, 5.74) is 2.05. The number of nitrogens with one attached hydrogen (secondary N) is 1. The summed E-state index contributed by atoms with van der Waals surface area (Å²) in [5, 5.41) is 11.8. The lowest BCUT2D eigenvalue weighted by Gasteiger charge is -2.12. The highest BCUT2D eigenvalue weighted by Crippen LogP contribution is 2.24. The molecule has 0 aliphatic rings. The van der Waals surface area contributed by atoms with E-state index in [1.807, 2.05) is 24.3 Å². The molecule has 5 rings (SSSR count). The van der Waals surface area contributed by atoms with Gasteiger partial charge in [-0.1, -0.05) is 43.0 Å². The van der Waals surface area contributed by atoms with Crippen LogP contribution in [-0.4, -0.2) is 30.8 Å². The van der Waals surface area contributed by atoms with Crippen LogP contribution >= 0.6 is 11.8 Å². The lowest BCUT2D eigenvalue weighted by Crippen LogP contribution is -2.22. The Morgan fingerprint density at radius 3 is 2.54 bits per heavy atom. The van der Waals surface area contributed by atoms with Crippen molar-refractivity contribution in [1.29, 1.82) is 0 Å². The number of fused-ring (bicyclic) bond motifs is 3.